The van der Waals surface area contributed by atoms with Crippen LogP contribution in [0, 0.1) is 6.92 Å². The first-order valence-corrected chi connectivity index (χ1v) is 8.35. The predicted molar refractivity (Wildman–Crippen MR) is 82.4 cm³/mol. The molecule has 0 aliphatic carbocycles. The maximum atomic E-state index is 11.9. The van der Waals surface area contributed by atoms with Crippen molar-refractivity contribution < 1.29 is 8.42 Å². The van der Waals surface area contributed by atoms with Gasteiger partial charge in [0.15, 0.2) is 0 Å². The summed E-state index contributed by atoms with van der Waals surface area (Å²) in [7, 11) is -3.09. The molecule has 104 valence electrons. The van der Waals surface area contributed by atoms with Crippen LogP contribution in [-0.2, 0) is 10.0 Å². The molecule has 2 aromatic carbocycles. The van der Waals surface area contributed by atoms with Gasteiger partial charge in [-0.2, -0.15) is 0 Å². The molecule has 4 heteroatoms. The fraction of sp³-hybridized carbons (Fsp3) is 0.250. The van der Waals surface area contributed by atoms with Crippen molar-refractivity contribution >= 4 is 15.7 Å². The summed E-state index contributed by atoms with van der Waals surface area (Å²) in [5.41, 5.74) is 4.24. The summed E-state index contributed by atoms with van der Waals surface area (Å²) in [5.74, 6) is 0.257. The van der Waals surface area contributed by atoms with Gasteiger partial charge in [0.1, 0.15) is 0 Å². The first-order valence-electron chi connectivity index (χ1n) is 6.74. The molecule has 1 heterocycles. The van der Waals surface area contributed by atoms with Gasteiger partial charge in [-0.05, 0) is 36.6 Å². The highest BCUT2D eigenvalue weighted by molar-refractivity contribution is 7.93. The molecule has 1 aliphatic heterocycles. The number of rotatable bonds is 2. The molecule has 0 unspecified atom stereocenters. The minimum Gasteiger partial charge on any atom is -0.270 e. The monoisotopic (exact) mass is 287 g/mol. The van der Waals surface area contributed by atoms with Crippen LogP contribution in [0.5, 0.6) is 0 Å². The lowest BCUT2D eigenvalue weighted by Crippen LogP contribution is -2.24. The van der Waals surface area contributed by atoms with E-state index in [-0.39, 0.29) is 5.75 Å². The van der Waals surface area contributed by atoms with E-state index in [2.05, 4.69) is 25.1 Å². The minimum atomic E-state index is -3.09. The predicted octanol–water partition coefficient (Wildman–Crippen LogP) is 3.20. The van der Waals surface area contributed by atoms with Gasteiger partial charge in [0.25, 0.3) is 0 Å². The maximum absolute atomic E-state index is 11.9. The Hall–Kier alpha value is -1.81. The lowest BCUT2D eigenvalue weighted by Gasteiger charge is -2.17. The summed E-state index contributed by atoms with van der Waals surface area (Å²) in [4.78, 5) is 0. The second kappa shape index (κ2) is 4.94. The highest BCUT2D eigenvalue weighted by Gasteiger charge is 2.28. The number of anilines is 1. The van der Waals surface area contributed by atoms with Gasteiger partial charge in [0, 0.05) is 6.54 Å². The van der Waals surface area contributed by atoms with Gasteiger partial charge < -0.3 is 0 Å². The van der Waals surface area contributed by atoms with Crippen LogP contribution in [0.4, 0.5) is 5.69 Å². The molecular formula is C16H17NO2S. The Morgan fingerprint density at radius 3 is 2.35 bits per heavy atom. The van der Waals surface area contributed by atoms with E-state index in [1.165, 1.54) is 9.87 Å². The van der Waals surface area contributed by atoms with Gasteiger partial charge in [-0.25, -0.2) is 8.42 Å². The Morgan fingerprint density at radius 2 is 1.75 bits per heavy atom. The minimum absolute atomic E-state index is 0.257. The van der Waals surface area contributed by atoms with Crippen molar-refractivity contribution in [3.8, 4) is 11.1 Å². The zero-order chi connectivity index (χ0) is 14.2. The van der Waals surface area contributed by atoms with E-state index >= 15 is 0 Å². The normalized spacial score (nSPS) is 17.4. The van der Waals surface area contributed by atoms with Gasteiger partial charge in [-0.15, -0.1) is 0 Å². The average Bonchev–Trinajstić information content (AvgIpc) is 2.79. The molecule has 0 N–H and O–H groups in total. The zero-order valence-electron chi connectivity index (χ0n) is 11.4. The number of aryl methyl sites for hydroxylation is 1. The quantitative estimate of drug-likeness (QED) is 0.850. The van der Waals surface area contributed by atoms with Crippen molar-refractivity contribution in [2.24, 2.45) is 0 Å². The Labute approximate surface area is 119 Å². The summed E-state index contributed by atoms with van der Waals surface area (Å²) >= 11 is 0. The third-order valence-corrected chi connectivity index (χ3v) is 5.48. The molecule has 1 fully saturated rings. The van der Waals surface area contributed by atoms with Crippen molar-refractivity contribution in [3.05, 3.63) is 54.1 Å². The van der Waals surface area contributed by atoms with Crippen LogP contribution in [0.25, 0.3) is 11.1 Å². The van der Waals surface area contributed by atoms with Crippen LogP contribution in [0.2, 0.25) is 0 Å². The third-order valence-electron chi connectivity index (χ3n) is 3.61. The number of benzene rings is 2. The van der Waals surface area contributed by atoms with Crippen molar-refractivity contribution in [1.29, 1.82) is 0 Å². The van der Waals surface area contributed by atoms with E-state index in [4.69, 9.17) is 0 Å². The molecule has 0 bridgehead atoms. The fourth-order valence-corrected chi connectivity index (χ4v) is 4.14. The van der Waals surface area contributed by atoms with Crippen LogP contribution < -0.4 is 4.31 Å². The summed E-state index contributed by atoms with van der Waals surface area (Å²) in [6, 6.07) is 16.0. The molecular weight excluding hydrogens is 270 g/mol. The Kier molecular flexibility index (Phi) is 3.26. The SMILES string of the molecule is Cc1cccc(-c2ccc(N3CCCS3(=O)=O)cc2)c1. The molecule has 20 heavy (non-hydrogen) atoms. The second-order valence-corrected chi connectivity index (χ2v) is 7.17. The highest BCUT2D eigenvalue weighted by atomic mass is 32.2. The van der Waals surface area contributed by atoms with E-state index in [0.29, 0.717) is 13.0 Å². The van der Waals surface area contributed by atoms with Crippen LogP contribution in [0.15, 0.2) is 48.5 Å². The standard InChI is InChI=1S/C16H17NO2S/c1-13-4-2-5-15(12-13)14-6-8-16(9-7-14)17-10-3-11-20(17,18)19/h2,4-9,12H,3,10-11H2,1H3. The van der Waals surface area contributed by atoms with Crippen LogP contribution in [0.1, 0.15) is 12.0 Å². The largest absolute Gasteiger partial charge is 0.270 e. The molecule has 0 aromatic heterocycles. The number of hydrogen-bond donors (Lipinski definition) is 0. The summed E-state index contributed by atoms with van der Waals surface area (Å²) in [6.07, 6.45) is 0.710. The zero-order valence-corrected chi connectivity index (χ0v) is 12.2. The first-order chi connectivity index (χ1) is 9.56. The van der Waals surface area contributed by atoms with Crippen LogP contribution >= 0.6 is 0 Å². The first kappa shape index (κ1) is 13.2. The number of sulfonamides is 1. The van der Waals surface area contributed by atoms with E-state index in [0.717, 1.165) is 16.8 Å². The summed E-state index contributed by atoms with van der Waals surface area (Å²) in [5, 5.41) is 0. The van der Waals surface area contributed by atoms with E-state index in [1.54, 1.807) is 0 Å². The maximum Gasteiger partial charge on any atom is 0.235 e. The molecule has 0 spiro atoms. The summed E-state index contributed by atoms with van der Waals surface area (Å²) in [6.45, 7) is 2.65. The van der Waals surface area contributed by atoms with Gasteiger partial charge in [-0.3, -0.25) is 4.31 Å². The smallest absolute Gasteiger partial charge is 0.235 e. The van der Waals surface area contributed by atoms with E-state index in [9.17, 15) is 8.42 Å². The van der Waals surface area contributed by atoms with Crippen molar-refractivity contribution in [2.45, 2.75) is 13.3 Å². The molecule has 1 saturated heterocycles. The molecule has 0 saturated carbocycles. The van der Waals surface area contributed by atoms with Crippen molar-refractivity contribution in [3.63, 3.8) is 0 Å². The molecule has 2 aromatic rings. The number of hydrogen-bond acceptors (Lipinski definition) is 2. The topological polar surface area (TPSA) is 37.4 Å². The molecule has 0 radical (unpaired) electrons. The fourth-order valence-electron chi connectivity index (χ4n) is 2.57. The molecule has 3 nitrogen and oxygen atoms in total. The van der Waals surface area contributed by atoms with Crippen molar-refractivity contribution in [1.82, 2.24) is 0 Å². The van der Waals surface area contributed by atoms with E-state index in [1.807, 2.05) is 30.3 Å². The molecule has 1 aliphatic rings. The lowest BCUT2D eigenvalue weighted by molar-refractivity contribution is 0.599. The third kappa shape index (κ3) is 2.43. The van der Waals surface area contributed by atoms with Gasteiger partial charge >= 0.3 is 0 Å². The van der Waals surface area contributed by atoms with Gasteiger partial charge in [-0.1, -0.05) is 42.0 Å². The van der Waals surface area contributed by atoms with Crippen molar-refractivity contribution in [2.75, 3.05) is 16.6 Å². The second-order valence-electron chi connectivity index (χ2n) is 5.16. The Balaban J connectivity index is 1.92. The number of nitrogens with zero attached hydrogens (tertiary/aromatic N) is 1. The highest BCUT2D eigenvalue weighted by Crippen LogP contribution is 2.27. The van der Waals surface area contributed by atoms with E-state index < -0.39 is 10.0 Å². The Bertz CT molecular complexity index is 720. The lowest BCUT2D eigenvalue weighted by atomic mass is 10.0. The molecule has 0 atom stereocenters. The summed E-state index contributed by atoms with van der Waals surface area (Å²) < 4.78 is 25.3. The average molecular weight is 287 g/mol. The molecule has 0 amide bonds. The van der Waals surface area contributed by atoms with Crippen LogP contribution in [0.3, 0.4) is 0 Å². The Morgan fingerprint density at radius 1 is 1.00 bits per heavy atom. The molecule has 3 rings (SSSR count). The van der Waals surface area contributed by atoms with Crippen LogP contribution in [-0.4, -0.2) is 20.7 Å². The van der Waals surface area contributed by atoms with Gasteiger partial charge in [0.2, 0.25) is 10.0 Å². The van der Waals surface area contributed by atoms with Gasteiger partial charge in [0.05, 0.1) is 11.4 Å².